The number of likely N-dealkylation sites (tertiary alicyclic amines) is 1. The highest BCUT2D eigenvalue weighted by atomic mass is 19.1. The molecule has 1 fully saturated rings. The molecular formula is C40H42FN3O6. The van der Waals surface area contributed by atoms with Crippen LogP contribution in [-0.4, -0.2) is 59.9 Å². The average molecular weight is 680 g/mol. The van der Waals surface area contributed by atoms with Crippen LogP contribution in [0.25, 0.3) is 10.9 Å². The van der Waals surface area contributed by atoms with E-state index in [1.807, 2.05) is 12.1 Å². The number of rotatable bonds is 14. The minimum absolute atomic E-state index is 0.157. The molecule has 1 saturated heterocycles. The summed E-state index contributed by atoms with van der Waals surface area (Å²) in [7, 11) is 2.13. The Kier molecular flexibility index (Phi) is 10.9. The normalized spacial score (nSPS) is 15.1. The molecular weight excluding hydrogens is 637 g/mol. The summed E-state index contributed by atoms with van der Waals surface area (Å²) in [6.07, 6.45) is 2.30. The molecule has 1 aliphatic rings. The first-order chi connectivity index (χ1) is 24.3. The van der Waals surface area contributed by atoms with Crippen LogP contribution in [0.1, 0.15) is 53.2 Å². The number of halogens is 1. The summed E-state index contributed by atoms with van der Waals surface area (Å²) in [6, 6.07) is 27.2. The Balaban J connectivity index is 1.03. The third kappa shape index (κ3) is 7.73. The number of aliphatic hydroxyl groups is 1. The zero-order valence-corrected chi connectivity index (χ0v) is 28.0. The quantitative estimate of drug-likeness (QED) is 0.0864. The Morgan fingerprint density at radius 1 is 0.980 bits per heavy atom. The van der Waals surface area contributed by atoms with Gasteiger partial charge in [0.15, 0.2) is 17.3 Å². The third-order valence-electron chi connectivity index (χ3n) is 9.70. The van der Waals surface area contributed by atoms with Crippen LogP contribution in [0.5, 0.6) is 17.2 Å². The number of phenols is 1. The predicted octanol–water partition coefficient (Wildman–Crippen LogP) is 5.75. The van der Waals surface area contributed by atoms with Crippen molar-refractivity contribution in [3.63, 3.8) is 0 Å². The summed E-state index contributed by atoms with van der Waals surface area (Å²) >= 11 is 0. The summed E-state index contributed by atoms with van der Waals surface area (Å²) in [4.78, 5) is 27.7. The lowest BCUT2D eigenvalue weighted by Gasteiger charge is -2.42. The van der Waals surface area contributed by atoms with E-state index in [2.05, 4.69) is 52.6 Å². The average Bonchev–Trinajstić information content (AvgIpc) is 3.12. The molecule has 4 aromatic carbocycles. The molecule has 1 aliphatic heterocycles. The van der Waals surface area contributed by atoms with Gasteiger partial charge in [-0.2, -0.15) is 0 Å². The Morgan fingerprint density at radius 2 is 1.74 bits per heavy atom. The smallest absolute Gasteiger partial charge is 0.298 e. The number of benzene rings is 4. The number of aromatic nitrogens is 1. The molecule has 0 spiro atoms. The van der Waals surface area contributed by atoms with Gasteiger partial charge in [-0.1, -0.05) is 54.6 Å². The van der Waals surface area contributed by atoms with Crippen molar-refractivity contribution in [2.75, 3.05) is 33.3 Å². The molecule has 0 unspecified atom stereocenters. The molecule has 2 heterocycles. The van der Waals surface area contributed by atoms with Crippen molar-refractivity contribution in [3.05, 3.63) is 135 Å². The van der Waals surface area contributed by atoms with Crippen molar-refractivity contribution in [1.82, 2.24) is 15.2 Å². The van der Waals surface area contributed by atoms with E-state index in [-0.39, 0.29) is 35.5 Å². The minimum atomic E-state index is -0.945. The molecule has 4 N–H and O–H groups in total. The number of fused-ring (bicyclic) bond motifs is 1. The van der Waals surface area contributed by atoms with Gasteiger partial charge >= 0.3 is 0 Å². The van der Waals surface area contributed by atoms with Gasteiger partial charge in [-0.3, -0.25) is 9.59 Å². The number of carbonyl (C=O) groups excluding carboxylic acids is 1. The number of H-pyrrole nitrogens is 1. The molecule has 50 heavy (non-hydrogen) atoms. The van der Waals surface area contributed by atoms with Gasteiger partial charge < -0.3 is 34.9 Å². The lowest BCUT2D eigenvalue weighted by molar-refractivity contribution is -0.120. The maximum absolute atomic E-state index is 15.0. The molecule has 0 bridgehead atoms. The molecule has 1 aromatic heterocycles. The maximum Gasteiger partial charge on any atom is 0.298 e. The summed E-state index contributed by atoms with van der Waals surface area (Å²) < 4.78 is 25.8. The predicted molar refractivity (Wildman–Crippen MR) is 190 cm³/mol. The third-order valence-corrected chi connectivity index (χ3v) is 9.70. The van der Waals surface area contributed by atoms with Gasteiger partial charge in [0.05, 0.1) is 18.2 Å². The zero-order valence-electron chi connectivity index (χ0n) is 28.0. The number of aromatic amines is 1. The number of piperidine rings is 1. The van der Waals surface area contributed by atoms with Gasteiger partial charge in [-0.05, 0) is 98.4 Å². The van der Waals surface area contributed by atoms with E-state index in [1.165, 1.54) is 23.8 Å². The summed E-state index contributed by atoms with van der Waals surface area (Å²) in [5.74, 6) is 0.205. The van der Waals surface area contributed by atoms with Crippen LogP contribution in [0.4, 0.5) is 4.39 Å². The fourth-order valence-electron chi connectivity index (χ4n) is 6.97. The number of nitrogens with zero attached hydrogens (tertiary/aromatic N) is 1. The second-order valence-electron chi connectivity index (χ2n) is 12.9. The lowest BCUT2D eigenvalue weighted by Crippen LogP contribution is -2.41. The minimum Gasteiger partial charge on any atom is -0.508 e. The van der Waals surface area contributed by atoms with Gasteiger partial charge in [-0.15, -0.1) is 0 Å². The fourth-order valence-corrected chi connectivity index (χ4v) is 6.97. The van der Waals surface area contributed by atoms with Crippen molar-refractivity contribution in [3.8, 4) is 17.2 Å². The number of aryl methyl sites for hydroxylation is 1. The number of ether oxygens (including phenoxy) is 2. The monoisotopic (exact) mass is 679 g/mol. The van der Waals surface area contributed by atoms with Crippen LogP contribution < -0.4 is 20.3 Å². The Labute approximate surface area is 290 Å². The number of aliphatic hydroxyl groups excluding tert-OH is 1. The molecule has 0 saturated carbocycles. The molecule has 6 rings (SSSR count). The van der Waals surface area contributed by atoms with E-state index in [0.717, 1.165) is 43.5 Å². The van der Waals surface area contributed by atoms with Crippen molar-refractivity contribution in [2.45, 2.75) is 43.7 Å². The number of hydrogen-bond donors (Lipinski definition) is 4. The van der Waals surface area contributed by atoms with Gasteiger partial charge in [0.25, 0.3) is 6.47 Å². The number of phenolic OH excluding ortho intramolecular Hbond substituents is 1. The molecule has 9 nitrogen and oxygen atoms in total. The summed E-state index contributed by atoms with van der Waals surface area (Å²) in [5, 5.41) is 25.6. The summed E-state index contributed by atoms with van der Waals surface area (Å²) in [6.45, 7) is 2.97. The van der Waals surface area contributed by atoms with Crippen LogP contribution in [0.3, 0.4) is 0 Å². The molecule has 10 heteroatoms. The highest BCUT2D eigenvalue weighted by Gasteiger charge is 2.39. The van der Waals surface area contributed by atoms with Crippen LogP contribution in [0, 0.1) is 5.82 Å². The second kappa shape index (κ2) is 15.7. The molecule has 5 aromatic rings. The van der Waals surface area contributed by atoms with E-state index >= 15 is 0 Å². The first-order valence-electron chi connectivity index (χ1n) is 16.9. The van der Waals surface area contributed by atoms with Gasteiger partial charge in [0, 0.05) is 35.5 Å². The number of pyridine rings is 1. The zero-order chi connectivity index (χ0) is 35.1. The highest BCUT2D eigenvalue weighted by Crippen LogP contribution is 2.45. The molecule has 0 radical (unpaired) electrons. The van der Waals surface area contributed by atoms with Gasteiger partial charge in [0.1, 0.15) is 5.75 Å². The summed E-state index contributed by atoms with van der Waals surface area (Å²) in [5.41, 5.74) is 4.21. The Bertz CT molecular complexity index is 1990. The van der Waals surface area contributed by atoms with Crippen LogP contribution in [0.2, 0.25) is 0 Å². The van der Waals surface area contributed by atoms with E-state index in [1.54, 1.807) is 30.3 Å². The first-order valence-corrected chi connectivity index (χ1v) is 16.9. The Hall–Kier alpha value is -5.03. The number of carbonyl (C=O) groups is 1. The first kappa shape index (κ1) is 34.8. The van der Waals surface area contributed by atoms with Crippen molar-refractivity contribution in [2.24, 2.45) is 0 Å². The van der Waals surface area contributed by atoms with Crippen LogP contribution in [-0.2, 0) is 23.2 Å². The largest absolute Gasteiger partial charge is 0.508 e. The standard InChI is InChI=1S/C40H42FN3O6/c1-44-19-17-40(18-20-44,29-7-3-2-4-8-29)32-22-27(9-13-34(32)46)6-5-21-49-36-14-10-28(23-33(36)41)24-42-25-35(47)30-11-15-37(50-26-45)39-31(30)12-16-38(48)43-39/h2-4,7-16,22-23,26,35,42,46-47H,5-6,17-21,24-25H2,1H3,(H,43,48)/t35-/m0/s1. The van der Waals surface area contributed by atoms with Crippen molar-refractivity contribution < 1.29 is 28.9 Å². The van der Waals surface area contributed by atoms with Crippen molar-refractivity contribution >= 4 is 17.4 Å². The number of hydrogen-bond acceptors (Lipinski definition) is 8. The molecule has 0 aliphatic carbocycles. The SMILES string of the molecule is CN1CCC(c2ccccc2)(c2cc(CCCOc3ccc(CNC[C@H](O)c4ccc(OC=O)c5[nH]c(=O)ccc45)cc3F)ccc2O)CC1. The van der Waals surface area contributed by atoms with E-state index in [0.29, 0.717) is 47.4 Å². The lowest BCUT2D eigenvalue weighted by atomic mass is 9.67. The van der Waals surface area contributed by atoms with Crippen molar-refractivity contribution in [1.29, 1.82) is 0 Å². The Morgan fingerprint density at radius 3 is 2.50 bits per heavy atom. The molecule has 1 atom stereocenters. The van der Waals surface area contributed by atoms with E-state index in [4.69, 9.17) is 9.47 Å². The molecule has 0 amide bonds. The second-order valence-corrected chi connectivity index (χ2v) is 12.9. The number of nitrogens with one attached hydrogen (secondary N) is 2. The molecule has 260 valence electrons. The topological polar surface area (TPSA) is 124 Å². The van der Waals surface area contributed by atoms with Gasteiger partial charge in [0.2, 0.25) is 5.56 Å². The van der Waals surface area contributed by atoms with E-state index in [9.17, 15) is 24.2 Å². The fraction of sp³-hybridized carbons (Fsp3) is 0.300. The highest BCUT2D eigenvalue weighted by molar-refractivity contribution is 5.88. The number of aromatic hydroxyl groups is 1. The van der Waals surface area contributed by atoms with E-state index < -0.39 is 11.9 Å². The maximum atomic E-state index is 15.0. The van der Waals surface area contributed by atoms with Gasteiger partial charge in [-0.25, -0.2) is 4.39 Å². The van der Waals surface area contributed by atoms with Crippen LogP contribution >= 0.6 is 0 Å². The van der Waals surface area contributed by atoms with Crippen LogP contribution in [0.15, 0.2) is 95.8 Å².